The number of aryl methyl sites for hydroxylation is 1. The van der Waals surface area contributed by atoms with Crippen molar-refractivity contribution in [1.82, 2.24) is 0 Å². The van der Waals surface area contributed by atoms with Gasteiger partial charge in [-0.1, -0.05) is 32.9 Å². The van der Waals surface area contributed by atoms with Gasteiger partial charge in [0.1, 0.15) is 11.6 Å². The van der Waals surface area contributed by atoms with Gasteiger partial charge in [-0.15, -0.1) is 0 Å². The Morgan fingerprint density at radius 2 is 2.14 bits per heavy atom. The lowest BCUT2D eigenvalue weighted by molar-refractivity contribution is 0.378. The maximum absolute atomic E-state index is 8.69. The number of hydrogen-bond donors (Lipinski definition) is 0. The summed E-state index contributed by atoms with van der Waals surface area (Å²) >= 11 is 0. The quantitative estimate of drug-likeness (QED) is 0.694. The highest BCUT2D eigenvalue weighted by molar-refractivity contribution is 5.28. The molecule has 0 spiro atoms. The van der Waals surface area contributed by atoms with E-state index in [9.17, 15) is 0 Å². The minimum Gasteiger partial charge on any atom is -0.192 e. The third-order valence-corrected chi connectivity index (χ3v) is 2.08. The molecule has 1 nitrogen and oxygen atoms in total. The smallest absolute Gasteiger partial charge is 0.108 e. The molecule has 0 atom stereocenters. The number of rotatable bonds is 2. The summed E-state index contributed by atoms with van der Waals surface area (Å²) in [7, 11) is 0. The Hall–Kier alpha value is -1.47. The first-order valence-electron chi connectivity index (χ1n) is 4.84. The van der Waals surface area contributed by atoms with E-state index < -0.39 is 0 Å². The molecule has 1 aromatic rings. The molecular formula is C13H15N. The fraction of sp³-hybridized carbons (Fsp3) is 0.462. The van der Waals surface area contributed by atoms with Crippen LogP contribution in [-0.4, -0.2) is 0 Å². The molecule has 0 aliphatic carbocycles. The van der Waals surface area contributed by atoms with Crippen molar-refractivity contribution in [2.75, 3.05) is 0 Å². The van der Waals surface area contributed by atoms with E-state index in [0.717, 1.165) is 12.8 Å². The Labute approximate surface area is 86.4 Å². The van der Waals surface area contributed by atoms with Crippen molar-refractivity contribution in [2.45, 2.75) is 33.6 Å². The summed E-state index contributed by atoms with van der Waals surface area (Å²) in [6.07, 6.45) is 2.12. The molecule has 1 aromatic carbocycles. The minimum absolute atomic E-state index is 0.340. The molecule has 1 heteroatoms. The first kappa shape index (κ1) is 10.6. The predicted molar refractivity (Wildman–Crippen MR) is 56.6 cm³/mol. The van der Waals surface area contributed by atoms with Crippen molar-refractivity contribution in [2.24, 2.45) is 5.41 Å². The second-order valence-corrected chi connectivity index (χ2v) is 4.72. The fourth-order valence-electron chi connectivity index (χ4n) is 1.19. The van der Waals surface area contributed by atoms with Gasteiger partial charge < -0.3 is 0 Å². The lowest BCUT2D eigenvalue weighted by atomic mass is 9.89. The highest BCUT2D eigenvalue weighted by Crippen LogP contribution is 2.21. The molecule has 0 saturated carbocycles. The zero-order chi connectivity index (χ0) is 10.6. The fourth-order valence-corrected chi connectivity index (χ4v) is 1.19. The standard InChI is InChI=1S/C13H15N/c1-13(2,3)8-7-11-5-4-6-12(9-11)10-14/h5,9H,7-8H2,1-3H3. The molecule has 0 aromatic heterocycles. The Morgan fingerprint density at radius 1 is 1.43 bits per heavy atom. The van der Waals surface area contributed by atoms with E-state index in [-0.39, 0.29) is 0 Å². The largest absolute Gasteiger partial charge is 0.192 e. The number of hydrogen-bond acceptors (Lipinski definition) is 1. The molecule has 0 saturated heterocycles. The second kappa shape index (κ2) is 4.16. The average molecular weight is 185 g/mol. The lowest BCUT2D eigenvalue weighted by Gasteiger charge is -2.17. The van der Waals surface area contributed by atoms with Gasteiger partial charge >= 0.3 is 0 Å². The van der Waals surface area contributed by atoms with Crippen molar-refractivity contribution < 1.29 is 0 Å². The van der Waals surface area contributed by atoms with Crippen LogP contribution in [0, 0.1) is 28.9 Å². The second-order valence-electron chi connectivity index (χ2n) is 4.72. The first-order valence-corrected chi connectivity index (χ1v) is 4.84. The maximum Gasteiger partial charge on any atom is 0.108 e. The van der Waals surface area contributed by atoms with Crippen molar-refractivity contribution >= 4 is 0 Å². The summed E-state index contributed by atoms with van der Waals surface area (Å²) < 4.78 is 0. The molecule has 0 radical (unpaired) electrons. The van der Waals surface area contributed by atoms with Gasteiger partial charge in [0.2, 0.25) is 0 Å². The van der Waals surface area contributed by atoms with Gasteiger partial charge in [0.05, 0.1) is 0 Å². The third kappa shape index (κ3) is 3.50. The Morgan fingerprint density at radius 3 is 2.71 bits per heavy atom. The van der Waals surface area contributed by atoms with Gasteiger partial charge in [-0.05, 0) is 36.0 Å². The molecule has 72 valence electrons. The van der Waals surface area contributed by atoms with Gasteiger partial charge in [0, 0.05) is 0 Å². The molecule has 0 amide bonds. The van der Waals surface area contributed by atoms with Crippen molar-refractivity contribution in [1.29, 1.82) is 5.26 Å². The Balaban J connectivity index is 2.65. The molecule has 0 bridgehead atoms. The molecule has 1 rings (SSSR count). The summed E-state index contributed by atoms with van der Waals surface area (Å²) in [5.41, 5.74) is 2.10. The zero-order valence-corrected chi connectivity index (χ0v) is 9.02. The van der Waals surface area contributed by atoms with E-state index >= 15 is 0 Å². The zero-order valence-electron chi connectivity index (χ0n) is 9.02. The molecule has 0 fully saturated rings. The number of nitriles is 1. The van der Waals surface area contributed by atoms with Crippen molar-refractivity contribution in [3.05, 3.63) is 35.4 Å². The van der Waals surface area contributed by atoms with E-state index in [1.54, 1.807) is 0 Å². The molecule has 0 aliphatic rings. The summed E-state index contributed by atoms with van der Waals surface area (Å²) in [4.78, 5) is 0. The Bertz CT molecular complexity index is 339. The summed E-state index contributed by atoms with van der Waals surface area (Å²) in [6, 6.07) is 11.5. The van der Waals surface area contributed by atoms with E-state index in [0.29, 0.717) is 11.0 Å². The van der Waals surface area contributed by atoms with Gasteiger partial charge in [0.25, 0.3) is 0 Å². The van der Waals surface area contributed by atoms with Crippen LogP contribution in [-0.2, 0) is 6.42 Å². The number of nitrogens with zero attached hydrogens (tertiary/aromatic N) is 1. The van der Waals surface area contributed by atoms with Gasteiger partial charge in [-0.25, -0.2) is 0 Å². The average Bonchev–Trinajstić information content (AvgIpc) is 2.14. The van der Waals surface area contributed by atoms with Crippen LogP contribution in [0.2, 0.25) is 0 Å². The van der Waals surface area contributed by atoms with E-state index in [1.807, 2.05) is 12.1 Å². The topological polar surface area (TPSA) is 23.8 Å². The van der Waals surface area contributed by atoms with Crippen LogP contribution in [0.1, 0.15) is 38.3 Å². The van der Waals surface area contributed by atoms with E-state index in [4.69, 9.17) is 5.26 Å². The van der Waals surface area contributed by atoms with Gasteiger partial charge in [0.15, 0.2) is 0 Å². The predicted octanol–water partition coefficient (Wildman–Crippen LogP) is 3.14. The van der Waals surface area contributed by atoms with Crippen LogP contribution in [0.3, 0.4) is 0 Å². The van der Waals surface area contributed by atoms with Crippen molar-refractivity contribution in [3.8, 4) is 6.07 Å². The Kier molecular flexibility index (Phi) is 3.15. The maximum atomic E-state index is 8.69. The highest BCUT2D eigenvalue weighted by atomic mass is 14.2. The van der Waals surface area contributed by atoms with Gasteiger partial charge in [-0.3, -0.25) is 0 Å². The van der Waals surface area contributed by atoms with Crippen LogP contribution in [0.5, 0.6) is 0 Å². The lowest BCUT2D eigenvalue weighted by Crippen LogP contribution is -2.06. The van der Waals surface area contributed by atoms with Crippen LogP contribution >= 0.6 is 0 Å². The van der Waals surface area contributed by atoms with Crippen LogP contribution < -0.4 is 0 Å². The molecular weight excluding hydrogens is 170 g/mol. The monoisotopic (exact) mass is 185 g/mol. The molecule has 0 unspecified atom stereocenters. The molecule has 0 heterocycles. The van der Waals surface area contributed by atoms with Crippen molar-refractivity contribution in [3.63, 3.8) is 0 Å². The van der Waals surface area contributed by atoms with Crippen LogP contribution in [0.15, 0.2) is 12.1 Å². The third-order valence-electron chi connectivity index (χ3n) is 2.08. The van der Waals surface area contributed by atoms with E-state index in [1.165, 1.54) is 5.56 Å². The summed E-state index contributed by atoms with van der Waals surface area (Å²) in [5.74, 6) is 0. The van der Waals surface area contributed by atoms with E-state index in [2.05, 4.69) is 39.0 Å². The van der Waals surface area contributed by atoms with Gasteiger partial charge in [-0.2, -0.15) is 5.26 Å². The molecule has 14 heavy (non-hydrogen) atoms. The van der Waals surface area contributed by atoms with Crippen LogP contribution in [0.4, 0.5) is 0 Å². The molecule has 0 N–H and O–H groups in total. The summed E-state index contributed by atoms with van der Waals surface area (Å²) in [6.45, 7) is 6.66. The minimum atomic E-state index is 0.340. The molecule has 0 aliphatic heterocycles. The SMILES string of the molecule is CC(C)(C)CCc1cc#cc(C#N)c1. The normalized spacial score (nSPS) is 10.4. The highest BCUT2D eigenvalue weighted by Gasteiger charge is 2.09. The summed E-state index contributed by atoms with van der Waals surface area (Å²) in [5, 5.41) is 8.69. The van der Waals surface area contributed by atoms with Crippen LogP contribution in [0.25, 0.3) is 0 Å². The first-order chi connectivity index (χ1) is 6.51.